The number of terminal acetylenes is 1. The molecule has 5 heteroatoms. The van der Waals surface area contributed by atoms with Crippen LogP contribution in [0.15, 0.2) is 24.3 Å². The summed E-state index contributed by atoms with van der Waals surface area (Å²) < 4.78 is 5.55. The van der Waals surface area contributed by atoms with Crippen molar-refractivity contribution in [2.75, 3.05) is 25.0 Å². The molecule has 0 bridgehead atoms. The predicted molar refractivity (Wildman–Crippen MR) is 87.8 cm³/mol. The van der Waals surface area contributed by atoms with E-state index in [0.717, 1.165) is 0 Å². The Morgan fingerprint density at radius 2 is 2.05 bits per heavy atom. The van der Waals surface area contributed by atoms with Crippen molar-refractivity contribution in [2.45, 2.75) is 32.9 Å². The maximum absolute atomic E-state index is 10.9. The number of hydrogen-bond acceptors (Lipinski definition) is 4. The summed E-state index contributed by atoms with van der Waals surface area (Å²) in [5, 5.41) is 12.7. The fourth-order valence-electron chi connectivity index (χ4n) is 1.93. The Morgan fingerprint density at radius 3 is 2.55 bits per heavy atom. The molecule has 1 unspecified atom stereocenters. The molecule has 22 heavy (non-hydrogen) atoms. The molecule has 1 amide bonds. The van der Waals surface area contributed by atoms with Gasteiger partial charge >= 0.3 is 0 Å². The number of aliphatic hydroxyl groups is 1. The van der Waals surface area contributed by atoms with Gasteiger partial charge in [-0.05, 0) is 38.1 Å². The summed E-state index contributed by atoms with van der Waals surface area (Å²) in [5.74, 6) is 3.11. The van der Waals surface area contributed by atoms with Gasteiger partial charge in [0.2, 0.25) is 5.91 Å². The first kappa shape index (κ1) is 18.0. The second kappa shape index (κ2) is 9.08. The van der Waals surface area contributed by atoms with Crippen LogP contribution >= 0.6 is 0 Å². The summed E-state index contributed by atoms with van der Waals surface area (Å²) >= 11 is 0. The molecule has 0 aliphatic carbocycles. The van der Waals surface area contributed by atoms with Crippen molar-refractivity contribution in [3.05, 3.63) is 24.3 Å². The number of hydrogen-bond donors (Lipinski definition) is 2. The van der Waals surface area contributed by atoms with E-state index in [1.807, 2.05) is 18.7 Å². The smallest absolute Gasteiger partial charge is 0.221 e. The Kier molecular flexibility index (Phi) is 7.44. The lowest BCUT2D eigenvalue weighted by molar-refractivity contribution is -0.114. The van der Waals surface area contributed by atoms with Gasteiger partial charge in [0, 0.05) is 25.2 Å². The molecule has 0 fully saturated rings. The minimum absolute atomic E-state index is 0.119. The first-order valence-electron chi connectivity index (χ1n) is 7.28. The van der Waals surface area contributed by atoms with Crippen molar-refractivity contribution in [1.82, 2.24) is 4.90 Å². The highest BCUT2D eigenvalue weighted by molar-refractivity contribution is 5.88. The van der Waals surface area contributed by atoms with E-state index in [-0.39, 0.29) is 18.6 Å². The Bertz CT molecular complexity index is 506. The van der Waals surface area contributed by atoms with E-state index in [9.17, 15) is 9.90 Å². The Balaban J connectivity index is 2.44. The van der Waals surface area contributed by atoms with Crippen molar-refractivity contribution >= 4 is 11.6 Å². The van der Waals surface area contributed by atoms with Crippen LogP contribution < -0.4 is 10.1 Å². The second-order valence-corrected chi connectivity index (χ2v) is 5.40. The molecule has 0 spiro atoms. The number of rotatable bonds is 8. The maximum atomic E-state index is 10.9. The quantitative estimate of drug-likeness (QED) is 0.718. The number of nitrogens with one attached hydrogen (secondary N) is 1. The molecule has 5 nitrogen and oxygen atoms in total. The van der Waals surface area contributed by atoms with Gasteiger partial charge in [-0.15, -0.1) is 6.42 Å². The molecule has 1 atom stereocenters. The van der Waals surface area contributed by atoms with Crippen molar-refractivity contribution in [2.24, 2.45) is 0 Å². The minimum Gasteiger partial charge on any atom is -0.491 e. The molecule has 0 aromatic heterocycles. The molecule has 1 aromatic carbocycles. The summed E-state index contributed by atoms with van der Waals surface area (Å²) in [4.78, 5) is 12.9. The van der Waals surface area contributed by atoms with Gasteiger partial charge in [0.25, 0.3) is 0 Å². The zero-order valence-corrected chi connectivity index (χ0v) is 13.4. The van der Waals surface area contributed by atoms with Crippen molar-refractivity contribution in [3.63, 3.8) is 0 Å². The molecule has 0 heterocycles. The van der Waals surface area contributed by atoms with E-state index in [4.69, 9.17) is 11.2 Å². The van der Waals surface area contributed by atoms with Crippen LogP contribution in [0.25, 0.3) is 0 Å². The van der Waals surface area contributed by atoms with Crippen molar-refractivity contribution < 1.29 is 14.6 Å². The summed E-state index contributed by atoms with van der Waals surface area (Å²) in [5.41, 5.74) is 0.709. The van der Waals surface area contributed by atoms with Gasteiger partial charge in [0.15, 0.2) is 0 Å². The average molecular weight is 304 g/mol. The highest BCUT2D eigenvalue weighted by Gasteiger charge is 2.14. The van der Waals surface area contributed by atoms with Crippen molar-refractivity contribution in [3.8, 4) is 18.1 Å². The number of benzene rings is 1. The van der Waals surface area contributed by atoms with Crippen LogP contribution in [-0.4, -0.2) is 47.8 Å². The molecule has 0 saturated carbocycles. The average Bonchev–Trinajstić information content (AvgIpc) is 2.45. The van der Waals surface area contributed by atoms with E-state index in [2.05, 4.69) is 11.2 Å². The SMILES string of the molecule is C#CCN(CC(O)COc1ccc(NC(C)=O)cc1)C(C)C. The van der Waals surface area contributed by atoms with Crippen LogP contribution in [0.2, 0.25) is 0 Å². The topological polar surface area (TPSA) is 61.8 Å². The second-order valence-electron chi connectivity index (χ2n) is 5.40. The zero-order valence-electron chi connectivity index (χ0n) is 13.4. The van der Waals surface area contributed by atoms with Gasteiger partial charge in [-0.2, -0.15) is 0 Å². The van der Waals surface area contributed by atoms with Crippen LogP contribution in [0.4, 0.5) is 5.69 Å². The first-order valence-corrected chi connectivity index (χ1v) is 7.28. The lowest BCUT2D eigenvalue weighted by atomic mass is 10.2. The van der Waals surface area contributed by atoms with Crippen molar-refractivity contribution in [1.29, 1.82) is 0 Å². The third-order valence-electron chi connectivity index (χ3n) is 3.09. The standard InChI is InChI=1S/C17H24N2O3/c1-5-10-19(13(2)3)11-16(21)12-22-17-8-6-15(7-9-17)18-14(4)20/h1,6-9,13,16,21H,10-12H2,2-4H3,(H,18,20). The third-order valence-corrected chi connectivity index (χ3v) is 3.09. The van der Waals surface area contributed by atoms with Crippen LogP contribution in [-0.2, 0) is 4.79 Å². The fourth-order valence-corrected chi connectivity index (χ4v) is 1.93. The number of anilines is 1. The third kappa shape index (κ3) is 6.61. The van der Waals surface area contributed by atoms with E-state index in [0.29, 0.717) is 24.5 Å². The Hall–Kier alpha value is -2.03. The number of ether oxygens (including phenoxy) is 1. The van der Waals surface area contributed by atoms with Crippen LogP contribution in [0.3, 0.4) is 0 Å². The van der Waals surface area contributed by atoms with Gasteiger partial charge < -0.3 is 15.2 Å². The van der Waals surface area contributed by atoms with E-state index >= 15 is 0 Å². The van der Waals surface area contributed by atoms with Crippen LogP contribution in [0.1, 0.15) is 20.8 Å². The molecule has 1 aromatic rings. The summed E-state index contributed by atoms with van der Waals surface area (Å²) in [6.45, 7) is 6.67. The number of aliphatic hydroxyl groups excluding tert-OH is 1. The summed E-state index contributed by atoms with van der Waals surface area (Å²) in [6, 6.07) is 7.27. The van der Waals surface area contributed by atoms with E-state index < -0.39 is 6.10 Å². The fraction of sp³-hybridized carbons (Fsp3) is 0.471. The lowest BCUT2D eigenvalue weighted by Gasteiger charge is -2.26. The highest BCUT2D eigenvalue weighted by Crippen LogP contribution is 2.16. The molecule has 0 saturated heterocycles. The van der Waals surface area contributed by atoms with Gasteiger partial charge in [0.05, 0.1) is 6.54 Å². The molecule has 1 rings (SSSR count). The monoisotopic (exact) mass is 304 g/mol. The Morgan fingerprint density at radius 1 is 1.41 bits per heavy atom. The summed E-state index contributed by atoms with van der Waals surface area (Å²) in [6.07, 6.45) is 4.70. The van der Waals surface area contributed by atoms with Gasteiger partial charge in [-0.25, -0.2) is 0 Å². The first-order chi connectivity index (χ1) is 10.4. The normalized spacial score (nSPS) is 12.0. The van der Waals surface area contributed by atoms with Gasteiger partial charge in [-0.1, -0.05) is 5.92 Å². The number of amides is 1. The molecular weight excluding hydrogens is 280 g/mol. The molecule has 0 aliphatic rings. The number of nitrogens with zero attached hydrogens (tertiary/aromatic N) is 1. The van der Waals surface area contributed by atoms with E-state index in [1.54, 1.807) is 24.3 Å². The van der Waals surface area contributed by atoms with Crippen LogP contribution in [0.5, 0.6) is 5.75 Å². The van der Waals surface area contributed by atoms with Gasteiger partial charge in [0.1, 0.15) is 18.5 Å². The lowest BCUT2D eigenvalue weighted by Crippen LogP contribution is -2.40. The molecular formula is C17H24N2O3. The summed E-state index contributed by atoms with van der Waals surface area (Å²) in [7, 11) is 0. The molecule has 120 valence electrons. The number of carbonyl (C=O) groups is 1. The predicted octanol–water partition coefficient (Wildman–Crippen LogP) is 1.73. The molecule has 0 radical (unpaired) electrons. The van der Waals surface area contributed by atoms with E-state index in [1.165, 1.54) is 6.92 Å². The minimum atomic E-state index is -0.620. The van der Waals surface area contributed by atoms with Gasteiger partial charge in [-0.3, -0.25) is 9.69 Å². The Labute approximate surface area is 132 Å². The largest absolute Gasteiger partial charge is 0.491 e. The molecule has 2 N–H and O–H groups in total. The zero-order chi connectivity index (χ0) is 16.5. The van der Waals surface area contributed by atoms with Crippen LogP contribution in [0, 0.1) is 12.3 Å². The number of carbonyl (C=O) groups excluding carboxylic acids is 1. The maximum Gasteiger partial charge on any atom is 0.221 e. The highest BCUT2D eigenvalue weighted by atomic mass is 16.5. The molecule has 0 aliphatic heterocycles.